The van der Waals surface area contributed by atoms with Crippen molar-refractivity contribution >= 4 is 5.91 Å². The van der Waals surface area contributed by atoms with Crippen LogP contribution in [-0.2, 0) is 7.05 Å². The number of aryl methyl sites for hydroxylation is 1. The van der Waals surface area contributed by atoms with Gasteiger partial charge in [-0.1, -0.05) is 12.1 Å². The smallest absolute Gasteiger partial charge is 0.257 e. The van der Waals surface area contributed by atoms with Crippen LogP contribution in [0.4, 0.5) is 0 Å². The Morgan fingerprint density at radius 3 is 2.65 bits per heavy atom. The van der Waals surface area contributed by atoms with Crippen LogP contribution in [0.1, 0.15) is 27.8 Å². The number of aromatic nitrogens is 3. The van der Waals surface area contributed by atoms with Crippen molar-refractivity contribution in [3.63, 3.8) is 0 Å². The maximum absolute atomic E-state index is 12.9. The molecule has 0 radical (unpaired) electrons. The van der Waals surface area contributed by atoms with Crippen molar-refractivity contribution in [2.45, 2.75) is 6.04 Å². The number of carbonyl (C=O) groups excluding carboxylic acids is 1. The van der Waals surface area contributed by atoms with Crippen LogP contribution in [-0.4, -0.2) is 34.7 Å². The van der Waals surface area contributed by atoms with Crippen molar-refractivity contribution in [3.8, 4) is 11.6 Å². The van der Waals surface area contributed by atoms with E-state index in [1.807, 2.05) is 42.1 Å². The average Bonchev–Trinajstić information content (AvgIpc) is 3.11. The Kier molecular flexibility index (Phi) is 5.17. The Hall–Kier alpha value is -3.35. The van der Waals surface area contributed by atoms with Crippen molar-refractivity contribution in [2.75, 3.05) is 14.2 Å². The molecule has 0 aliphatic carbocycles. The molecule has 0 fully saturated rings. The van der Waals surface area contributed by atoms with Crippen LogP contribution >= 0.6 is 0 Å². The molecule has 3 aromatic rings. The summed E-state index contributed by atoms with van der Waals surface area (Å²) in [4.78, 5) is 21.3. The molecule has 1 atom stereocenters. The third-order valence-corrected chi connectivity index (χ3v) is 4.03. The molecule has 7 nitrogen and oxygen atoms in total. The first-order valence-electron chi connectivity index (χ1n) is 8.05. The highest BCUT2D eigenvalue weighted by atomic mass is 16.5. The molecule has 0 bridgehead atoms. The number of nitrogens with zero attached hydrogens (tertiary/aromatic N) is 3. The molecule has 0 aliphatic heterocycles. The lowest BCUT2D eigenvalue weighted by Crippen LogP contribution is -2.31. The fourth-order valence-electron chi connectivity index (χ4n) is 2.71. The van der Waals surface area contributed by atoms with Crippen molar-refractivity contribution in [1.82, 2.24) is 19.9 Å². The normalized spacial score (nSPS) is 11.7. The molecule has 1 aromatic carbocycles. The minimum absolute atomic E-state index is 0.272. The molecule has 1 N–H and O–H groups in total. The van der Waals surface area contributed by atoms with Gasteiger partial charge in [0.15, 0.2) is 0 Å². The third kappa shape index (κ3) is 3.51. The summed E-state index contributed by atoms with van der Waals surface area (Å²) < 4.78 is 12.4. The Balaban J connectivity index is 1.99. The summed E-state index contributed by atoms with van der Waals surface area (Å²) in [6, 6.07) is 10.4. The van der Waals surface area contributed by atoms with Crippen molar-refractivity contribution < 1.29 is 14.3 Å². The number of carbonyl (C=O) groups is 1. The first-order valence-corrected chi connectivity index (χ1v) is 8.05. The standard InChI is InChI=1S/C19H20N4O3/c1-23-11-10-20-17(23)16(13-6-4-7-14(12-13)25-2)22-18(24)15-8-5-9-21-19(15)26-3/h4-12,16H,1-3H3,(H,22,24). The van der Waals surface area contributed by atoms with Gasteiger partial charge in [0.1, 0.15) is 23.2 Å². The van der Waals surface area contributed by atoms with Gasteiger partial charge in [-0.25, -0.2) is 9.97 Å². The van der Waals surface area contributed by atoms with Gasteiger partial charge >= 0.3 is 0 Å². The van der Waals surface area contributed by atoms with E-state index in [0.29, 0.717) is 17.1 Å². The molecule has 2 aromatic heterocycles. The van der Waals surface area contributed by atoms with Gasteiger partial charge in [-0.15, -0.1) is 0 Å². The summed E-state index contributed by atoms with van der Waals surface area (Å²) >= 11 is 0. The summed E-state index contributed by atoms with van der Waals surface area (Å²) in [5.74, 6) is 1.38. The summed E-state index contributed by atoms with van der Waals surface area (Å²) in [6.07, 6.45) is 5.10. The maximum atomic E-state index is 12.9. The van der Waals surface area contributed by atoms with Crippen LogP contribution < -0.4 is 14.8 Å². The minimum atomic E-state index is -0.456. The van der Waals surface area contributed by atoms with Gasteiger partial charge in [0.05, 0.1) is 14.2 Å². The van der Waals surface area contributed by atoms with Crippen molar-refractivity contribution in [2.24, 2.45) is 7.05 Å². The fraction of sp³-hybridized carbons (Fsp3) is 0.211. The zero-order valence-corrected chi connectivity index (χ0v) is 14.8. The van der Waals surface area contributed by atoms with Crippen LogP contribution in [0.5, 0.6) is 11.6 Å². The minimum Gasteiger partial charge on any atom is -0.497 e. The van der Waals surface area contributed by atoms with Gasteiger partial charge in [0.25, 0.3) is 5.91 Å². The zero-order chi connectivity index (χ0) is 18.5. The maximum Gasteiger partial charge on any atom is 0.257 e. The van der Waals surface area contributed by atoms with E-state index in [0.717, 1.165) is 5.56 Å². The molecule has 0 aliphatic rings. The highest BCUT2D eigenvalue weighted by Crippen LogP contribution is 2.25. The number of nitrogens with one attached hydrogen (secondary N) is 1. The second-order valence-electron chi connectivity index (χ2n) is 5.64. The molecule has 0 saturated carbocycles. The zero-order valence-electron chi connectivity index (χ0n) is 14.8. The molecule has 3 rings (SSSR count). The Bertz CT molecular complexity index is 907. The van der Waals surface area contributed by atoms with E-state index in [4.69, 9.17) is 9.47 Å². The predicted octanol–water partition coefficient (Wildman–Crippen LogP) is 2.35. The third-order valence-electron chi connectivity index (χ3n) is 4.03. The molecule has 26 heavy (non-hydrogen) atoms. The number of benzene rings is 1. The summed E-state index contributed by atoms with van der Waals surface area (Å²) in [5.41, 5.74) is 1.21. The highest BCUT2D eigenvalue weighted by Gasteiger charge is 2.23. The fourth-order valence-corrected chi connectivity index (χ4v) is 2.71. The van der Waals surface area contributed by atoms with Gasteiger partial charge in [0.2, 0.25) is 5.88 Å². The van der Waals surface area contributed by atoms with E-state index in [-0.39, 0.29) is 11.8 Å². The molecular formula is C19H20N4O3. The number of amides is 1. The van der Waals surface area contributed by atoms with Gasteiger partial charge in [-0.05, 0) is 29.8 Å². The lowest BCUT2D eigenvalue weighted by atomic mass is 10.0. The number of methoxy groups -OCH3 is 2. The molecule has 0 spiro atoms. The first-order chi connectivity index (χ1) is 12.6. The van der Waals surface area contributed by atoms with Crippen LogP contribution in [0.15, 0.2) is 55.0 Å². The van der Waals surface area contributed by atoms with Gasteiger partial charge < -0.3 is 19.4 Å². The second-order valence-corrected chi connectivity index (χ2v) is 5.64. The van der Waals surface area contributed by atoms with Crippen molar-refractivity contribution in [3.05, 3.63) is 71.9 Å². The van der Waals surface area contributed by atoms with E-state index in [1.165, 1.54) is 7.11 Å². The molecule has 2 heterocycles. The predicted molar refractivity (Wildman–Crippen MR) is 96.3 cm³/mol. The summed E-state index contributed by atoms with van der Waals surface area (Å²) in [7, 11) is 4.97. The number of hydrogen-bond acceptors (Lipinski definition) is 5. The summed E-state index contributed by atoms with van der Waals surface area (Å²) in [5, 5.41) is 3.02. The number of rotatable bonds is 6. The van der Waals surface area contributed by atoms with Crippen LogP contribution in [0.3, 0.4) is 0 Å². The van der Waals surface area contributed by atoms with Crippen LogP contribution in [0.25, 0.3) is 0 Å². The molecule has 134 valence electrons. The van der Waals surface area contributed by atoms with E-state index in [9.17, 15) is 4.79 Å². The lowest BCUT2D eigenvalue weighted by Gasteiger charge is -2.20. The lowest BCUT2D eigenvalue weighted by molar-refractivity contribution is 0.0937. The van der Waals surface area contributed by atoms with Gasteiger partial charge in [0, 0.05) is 25.6 Å². The Morgan fingerprint density at radius 1 is 1.12 bits per heavy atom. The quantitative estimate of drug-likeness (QED) is 0.737. The summed E-state index contributed by atoms with van der Waals surface area (Å²) in [6.45, 7) is 0. The SMILES string of the molecule is COc1cccc(C(NC(=O)c2cccnc2OC)c2nccn2C)c1. The van der Waals surface area contributed by atoms with E-state index in [1.54, 1.807) is 31.6 Å². The van der Waals surface area contributed by atoms with E-state index in [2.05, 4.69) is 15.3 Å². The topological polar surface area (TPSA) is 78.3 Å². The highest BCUT2D eigenvalue weighted by molar-refractivity contribution is 5.96. The number of imidazole rings is 1. The average molecular weight is 352 g/mol. The number of hydrogen-bond donors (Lipinski definition) is 1. The number of ether oxygens (including phenoxy) is 2. The van der Waals surface area contributed by atoms with Crippen molar-refractivity contribution in [1.29, 1.82) is 0 Å². The Labute approximate surface area is 151 Å². The second kappa shape index (κ2) is 7.69. The Morgan fingerprint density at radius 2 is 1.96 bits per heavy atom. The van der Waals surface area contributed by atoms with Crippen LogP contribution in [0.2, 0.25) is 0 Å². The molecule has 1 amide bonds. The van der Waals surface area contributed by atoms with Gasteiger partial charge in [-0.3, -0.25) is 4.79 Å². The van der Waals surface area contributed by atoms with Gasteiger partial charge in [-0.2, -0.15) is 0 Å². The van der Waals surface area contributed by atoms with Crippen LogP contribution in [0, 0.1) is 0 Å². The molecular weight excluding hydrogens is 332 g/mol. The molecule has 7 heteroatoms. The van der Waals surface area contributed by atoms with E-state index < -0.39 is 6.04 Å². The monoisotopic (exact) mass is 352 g/mol. The molecule has 1 unspecified atom stereocenters. The number of pyridine rings is 1. The largest absolute Gasteiger partial charge is 0.497 e. The first kappa shape index (κ1) is 17.5. The van der Waals surface area contributed by atoms with E-state index >= 15 is 0 Å². The molecule has 0 saturated heterocycles.